The summed E-state index contributed by atoms with van der Waals surface area (Å²) in [7, 11) is 5.87. The van der Waals surface area contributed by atoms with E-state index in [2.05, 4.69) is 19.0 Å². The maximum Gasteiger partial charge on any atom is 0.316 e. The molecule has 0 saturated heterocycles. The molecule has 0 unspecified atom stereocenters. The molecule has 4 heteroatoms. The van der Waals surface area contributed by atoms with E-state index in [1.165, 1.54) is 6.42 Å². The summed E-state index contributed by atoms with van der Waals surface area (Å²) in [5, 5.41) is -0.367. The molecule has 1 fully saturated rings. The average Bonchev–Trinajstić information content (AvgIpc) is 1.95. The second-order valence-electron chi connectivity index (χ2n) is 4.08. The van der Waals surface area contributed by atoms with Crippen molar-refractivity contribution in [2.75, 3.05) is 27.7 Å². The Bertz CT molecular complexity index is 202. The lowest BCUT2D eigenvalue weighted by Crippen LogP contribution is -2.56. The molecule has 0 radical (unpaired) electrons. The Morgan fingerprint density at radius 1 is 1.38 bits per heavy atom. The molecule has 0 aromatic carbocycles. The van der Waals surface area contributed by atoms with Crippen molar-refractivity contribution in [3.05, 3.63) is 0 Å². The Labute approximate surface area is 84.6 Å². The number of hydrogen-bond acceptors (Lipinski definition) is 2. The largest absolute Gasteiger partial charge is 0.330 e. The van der Waals surface area contributed by atoms with Crippen LogP contribution in [0.2, 0.25) is 0 Å². The zero-order chi connectivity index (χ0) is 10.1. The highest BCUT2D eigenvalue weighted by Gasteiger charge is 2.40. The highest BCUT2D eigenvalue weighted by Crippen LogP contribution is 2.36. The predicted molar refractivity (Wildman–Crippen MR) is 54.1 cm³/mol. The molecule has 0 aliphatic heterocycles. The summed E-state index contributed by atoms with van der Waals surface area (Å²) in [5.41, 5.74) is 0.180. The fourth-order valence-electron chi connectivity index (χ4n) is 1.84. The van der Waals surface area contributed by atoms with E-state index < -0.39 is 0 Å². The van der Waals surface area contributed by atoms with Gasteiger partial charge in [-0.05, 0) is 45.0 Å². The summed E-state index contributed by atoms with van der Waals surface area (Å²) < 4.78 is 0. The summed E-state index contributed by atoms with van der Waals surface area (Å²) in [4.78, 5) is 14.6. The molecule has 0 bridgehead atoms. The summed E-state index contributed by atoms with van der Waals surface area (Å²) in [5.74, 6) is 0. The summed E-state index contributed by atoms with van der Waals surface area (Å²) >= 11 is 5.39. The van der Waals surface area contributed by atoms with E-state index in [1.54, 1.807) is 11.9 Å². The maximum atomic E-state index is 10.9. The Kier molecular flexibility index (Phi) is 3.19. The second kappa shape index (κ2) is 3.84. The molecular weight excluding hydrogens is 188 g/mol. The highest BCUT2D eigenvalue weighted by molar-refractivity contribution is 6.62. The smallest absolute Gasteiger partial charge is 0.316 e. The first-order valence-corrected chi connectivity index (χ1v) is 4.94. The first-order chi connectivity index (χ1) is 5.98. The number of rotatable bonds is 3. The third kappa shape index (κ3) is 2.15. The van der Waals surface area contributed by atoms with Crippen molar-refractivity contribution >= 4 is 17.0 Å². The first kappa shape index (κ1) is 10.8. The molecule has 1 amide bonds. The van der Waals surface area contributed by atoms with Crippen LogP contribution in [0, 0.1) is 0 Å². The van der Waals surface area contributed by atoms with Crippen LogP contribution in [0.5, 0.6) is 0 Å². The van der Waals surface area contributed by atoms with Gasteiger partial charge in [0, 0.05) is 19.1 Å². The summed E-state index contributed by atoms with van der Waals surface area (Å²) in [6, 6.07) is 0. The van der Waals surface area contributed by atoms with Crippen molar-refractivity contribution in [1.29, 1.82) is 0 Å². The fraction of sp³-hybridized carbons (Fsp3) is 0.889. The van der Waals surface area contributed by atoms with Gasteiger partial charge in [-0.25, -0.2) is 0 Å². The number of hydrogen-bond donors (Lipinski definition) is 0. The van der Waals surface area contributed by atoms with Crippen molar-refractivity contribution in [1.82, 2.24) is 9.80 Å². The van der Waals surface area contributed by atoms with Crippen molar-refractivity contribution in [3.8, 4) is 0 Å². The van der Waals surface area contributed by atoms with Crippen LogP contribution in [0.25, 0.3) is 0 Å². The third-order valence-electron chi connectivity index (χ3n) is 3.06. The van der Waals surface area contributed by atoms with E-state index in [4.69, 9.17) is 11.6 Å². The van der Waals surface area contributed by atoms with Gasteiger partial charge in [0.1, 0.15) is 0 Å². The van der Waals surface area contributed by atoms with Crippen LogP contribution < -0.4 is 0 Å². The molecule has 1 aliphatic rings. The van der Waals surface area contributed by atoms with Gasteiger partial charge in [-0.2, -0.15) is 0 Å². The molecule has 0 atom stereocenters. The van der Waals surface area contributed by atoms with Gasteiger partial charge in [0.2, 0.25) is 0 Å². The Balaban J connectivity index is 2.54. The average molecular weight is 205 g/mol. The van der Waals surface area contributed by atoms with Crippen LogP contribution in [-0.4, -0.2) is 48.4 Å². The molecule has 13 heavy (non-hydrogen) atoms. The van der Waals surface area contributed by atoms with Crippen LogP contribution in [0.1, 0.15) is 19.3 Å². The normalized spacial score (nSPS) is 19.8. The Morgan fingerprint density at radius 3 is 2.15 bits per heavy atom. The predicted octanol–water partition coefficient (Wildman–Crippen LogP) is 1.76. The minimum absolute atomic E-state index is 0.180. The van der Waals surface area contributed by atoms with E-state index in [9.17, 15) is 4.79 Å². The van der Waals surface area contributed by atoms with Gasteiger partial charge < -0.3 is 9.80 Å². The summed E-state index contributed by atoms with van der Waals surface area (Å²) in [6.45, 7) is 0.738. The van der Waals surface area contributed by atoms with Gasteiger partial charge in [-0.1, -0.05) is 0 Å². The molecule has 1 saturated carbocycles. The van der Waals surface area contributed by atoms with Crippen LogP contribution in [0.15, 0.2) is 0 Å². The van der Waals surface area contributed by atoms with Gasteiger partial charge in [-0.3, -0.25) is 4.79 Å². The number of likely N-dealkylation sites (N-methyl/N-ethyl adjacent to an activating group) is 2. The van der Waals surface area contributed by atoms with Gasteiger partial charge in [0.05, 0.1) is 0 Å². The number of nitrogens with zero attached hydrogens (tertiary/aromatic N) is 2. The van der Waals surface area contributed by atoms with Gasteiger partial charge >= 0.3 is 5.37 Å². The Hall–Kier alpha value is -0.280. The van der Waals surface area contributed by atoms with Crippen molar-refractivity contribution < 1.29 is 4.79 Å². The second-order valence-corrected chi connectivity index (χ2v) is 4.40. The molecule has 1 rings (SSSR count). The molecule has 0 aromatic heterocycles. The lowest BCUT2D eigenvalue weighted by Gasteiger charge is -2.48. The third-order valence-corrected chi connectivity index (χ3v) is 3.35. The lowest BCUT2D eigenvalue weighted by atomic mass is 9.75. The SMILES string of the molecule is CN(CC1(N(C)C)CCC1)C(=O)Cl. The number of amides is 1. The quantitative estimate of drug-likeness (QED) is 0.517. The first-order valence-electron chi connectivity index (χ1n) is 4.56. The van der Waals surface area contributed by atoms with E-state index >= 15 is 0 Å². The van der Waals surface area contributed by atoms with Crippen molar-refractivity contribution in [2.45, 2.75) is 24.8 Å². The van der Waals surface area contributed by atoms with Crippen molar-refractivity contribution in [3.63, 3.8) is 0 Å². The minimum Gasteiger partial charge on any atom is -0.330 e. The van der Waals surface area contributed by atoms with Crippen LogP contribution in [0.4, 0.5) is 4.79 Å². The van der Waals surface area contributed by atoms with Gasteiger partial charge in [-0.15, -0.1) is 0 Å². The molecule has 1 aliphatic carbocycles. The van der Waals surface area contributed by atoms with Crippen molar-refractivity contribution in [2.24, 2.45) is 0 Å². The number of halogens is 1. The topological polar surface area (TPSA) is 23.6 Å². The summed E-state index contributed by atoms with van der Waals surface area (Å²) in [6.07, 6.45) is 3.57. The molecule has 3 nitrogen and oxygen atoms in total. The van der Waals surface area contributed by atoms with E-state index in [-0.39, 0.29) is 10.9 Å². The highest BCUT2D eigenvalue weighted by atomic mass is 35.5. The van der Waals surface area contributed by atoms with Gasteiger partial charge in [0.15, 0.2) is 0 Å². The molecule has 0 N–H and O–H groups in total. The fourth-order valence-corrected chi connectivity index (χ4v) is 1.90. The van der Waals surface area contributed by atoms with Crippen LogP contribution in [0.3, 0.4) is 0 Å². The standard InChI is InChI=1S/C9H17ClN2O/c1-11(2)9(5-4-6-9)7-12(3)8(10)13/h4-7H2,1-3H3. The van der Waals surface area contributed by atoms with E-state index in [0.29, 0.717) is 0 Å². The molecule has 0 heterocycles. The maximum absolute atomic E-state index is 10.9. The molecule has 0 spiro atoms. The lowest BCUT2D eigenvalue weighted by molar-refractivity contribution is 0.0391. The zero-order valence-corrected chi connectivity index (χ0v) is 9.26. The van der Waals surface area contributed by atoms with E-state index in [1.807, 2.05) is 0 Å². The van der Waals surface area contributed by atoms with Gasteiger partial charge in [0.25, 0.3) is 0 Å². The van der Waals surface area contributed by atoms with E-state index in [0.717, 1.165) is 19.4 Å². The van der Waals surface area contributed by atoms with Crippen LogP contribution >= 0.6 is 11.6 Å². The monoisotopic (exact) mass is 204 g/mol. The molecule has 0 aromatic rings. The number of carbonyl (C=O) groups excluding carboxylic acids is 1. The molecular formula is C9H17ClN2O. The Morgan fingerprint density at radius 2 is 1.92 bits per heavy atom. The van der Waals surface area contributed by atoms with Crippen LogP contribution in [-0.2, 0) is 0 Å². The number of carbonyl (C=O) groups is 1. The minimum atomic E-state index is -0.367. The zero-order valence-electron chi connectivity index (χ0n) is 8.51. The molecule has 76 valence electrons.